The van der Waals surface area contributed by atoms with Gasteiger partial charge in [0.1, 0.15) is 0 Å². The Morgan fingerprint density at radius 1 is 1.07 bits per heavy atom. The Bertz CT molecular complexity index is 327. The van der Waals surface area contributed by atoms with Crippen LogP contribution in [0.3, 0.4) is 0 Å². The van der Waals surface area contributed by atoms with Crippen molar-refractivity contribution in [2.75, 3.05) is 0 Å². The predicted molar refractivity (Wildman–Crippen MR) is 65.2 cm³/mol. The third-order valence-electron chi connectivity index (χ3n) is 2.64. The Hall–Kier alpha value is -0.610. The van der Waals surface area contributed by atoms with Gasteiger partial charge in [0, 0.05) is 22.7 Å². The van der Waals surface area contributed by atoms with E-state index in [1.807, 2.05) is 27.7 Å². The number of aryl methyl sites for hydroxylation is 2. The highest BCUT2D eigenvalue weighted by atomic mass is 32.2. The molecule has 1 rings (SSSR count). The molecule has 0 saturated carbocycles. The number of nitrogens with two attached hydrogens (primary N) is 1. The SMILES string of the molecule is Cc1nc(SC(C)C(C)N)nc(C)c1C. The number of rotatable bonds is 3. The topological polar surface area (TPSA) is 51.8 Å². The first-order chi connectivity index (χ1) is 6.91. The zero-order chi connectivity index (χ0) is 11.6. The zero-order valence-electron chi connectivity index (χ0n) is 10.0. The Balaban J connectivity index is 2.88. The highest BCUT2D eigenvalue weighted by Crippen LogP contribution is 2.22. The lowest BCUT2D eigenvalue weighted by Gasteiger charge is -2.14. The maximum Gasteiger partial charge on any atom is 0.188 e. The molecule has 2 atom stereocenters. The Kier molecular flexibility index (Phi) is 4.11. The molecule has 0 spiro atoms. The lowest BCUT2D eigenvalue weighted by atomic mass is 10.2. The van der Waals surface area contributed by atoms with Gasteiger partial charge in [-0.2, -0.15) is 0 Å². The fourth-order valence-corrected chi connectivity index (χ4v) is 1.99. The molecule has 0 aliphatic heterocycles. The van der Waals surface area contributed by atoms with Gasteiger partial charge in [-0.15, -0.1) is 0 Å². The van der Waals surface area contributed by atoms with Crippen LogP contribution in [-0.2, 0) is 0 Å². The summed E-state index contributed by atoms with van der Waals surface area (Å²) in [5, 5.41) is 1.17. The second-order valence-corrected chi connectivity index (χ2v) is 5.33. The van der Waals surface area contributed by atoms with Gasteiger partial charge < -0.3 is 5.73 Å². The average Bonchev–Trinajstić information content (AvgIpc) is 2.13. The molecule has 0 amide bonds. The standard InChI is InChI=1S/C11H19N3S/c1-6-8(3)13-11(14-9(6)4)15-10(5)7(2)12/h7,10H,12H2,1-5H3. The number of nitrogens with zero attached hydrogens (tertiary/aromatic N) is 2. The molecule has 4 heteroatoms. The summed E-state index contributed by atoms with van der Waals surface area (Å²) in [6.45, 7) is 10.2. The molecule has 2 unspecified atom stereocenters. The van der Waals surface area contributed by atoms with Gasteiger partial charge in [-0.3, -0.25) is 0 Å². The minimum Gasteiger partial charge on any atom is -0.327 e. The van der Waals surface area contributed by atoms with Crippen LogP contribution >= 0.6 is 11.8 Å². The first-order valence-corrected chi connectivity index (χ1v) is 6.04. The Morgan fingerprint density at radius 3 is 1.93 bits per heavy atom. The molecule has 0 aliphatic carbocycles. The average molecular weight is 225 g/mol. The second kappa shape index (κ2) is 4.94. The molecule has 0 saturated heterocycles. The molecule has 3 nitrogen and oxygen atoms in total. The summed E-state index contributed by atoms with van der Waals surface area (Å²) in [7, 11) is 0. The lowest BCUT2D eigenvalue weighted by Crippen LogP contribution is -2.26. The van der Waals surface area contributed by atoms with Crippen molar-refractivity contribution in [2.24, 2.45) is 5.73 Å². The molecule has 0 aromatic carbocycles. The molecule has 0 bridgehead atoms. The summed E-state index contributed by atoms with van der Waals surface area (Å²) in [5.74, 6) is 0. The summed E-state index contributed by atoms with van der Waals surface area (Å²) in [6.07, 6.45) is 0. The minimum atomic E-state index is 0.153. The molecule has 1 aromatic rings. The molecule has 1 aromatic heterocycles. The van der Waals surface area contributed by atoms with Crippen molar-refractivity contribution in [1.29, 1.82) is 0 Å². The number of hydrogen-bond donors (Lipinski definition) is 1. The largest absolute Gasteiger partial charge is 0.327 e. The van der Waals surface area contributed by atoms with Crippen molar-refractivity contribution in [1.82, 2.24) is 9.97 Å². The number of hydrogen-bond acceptors (Lipinski definition) is 4. The summed E-state index contributed by atoms with van der Waals surface area (Å²) >= 11 is 1.64. The first kappa shape index (κ1) is 12.5. The van der Waals surface area contributed by atoms with Gasteiger partial charge in [-0.05, 0) is 33.3 Å². The predicted octanol–water partition coefficient (Wildman–Crippen LogP) is 2.23. The molecule has 84 valence electrons. The molecule has 1 heterocycles. The lowest BCUT2D eigenvalue weighted by molar-refractivity contribution is 0.726. The van der Waals surface area contributed by atoms with Gasteiger partial charge in [0.2, 0.25) is 0 Å². The molecule has 0 aliphatic rings. The van der Waals surface area contributed by atoms with Crippen LogP contribution in [0.1, 0.15) is 30.8 Å². The number of thioether (sulfide) groups is 1. The molecule has 2 N–H and O–H groups in total. The van der Waals surface area contributed by atoms with Gasteiger partial charge in [0.15, 0.2) is 5.16 Å². The third-order valence-corrected chi connectivity index (χ3v) is 3.84. The summed E-state index contributed by atoms with van der Waals surface area (Å²) in [5.41, 5.74) is 9.10. The summed E-state index contributed by atoms with van der Waals surface area (Å²) in [6, 6.07) is 0.153. The van der Waals surface area contributed by atoms with E-state index in [1.54, 1.807) is 11.8 Å². The van der Waals surface area contributed by atoms with Crippen LogP contribution in [0, 0.1) is 20.8 Å². The fourth-order valence-electron chi connectivity index (χ4n) is 1.07. The van der Waals surface area contributed by atoms with Gasteiger partial charge in [-0.1, -0.05) is 18.7 Å². The van der Waals surface area contributed by atoms with Crippen molar-refractivity contribution in [3.8, 4) is 0 Å². The van der Waals surface area contributed by atoms with Gasteiger partial charge >= 0.3 is 0 Å². The smallest absolute Gasteiger partial charge is 0.188 e. The molecule has 15 heavy (non-hydrogen) atoms. The Morgan fingerprint density at radius 2 is 1.53 bits per heavy atom. The van der Waals surface area contributed by atoms with Crippen molar-refractivity contribution in [3.05, 3.63) is 17.0 Å². The van der Waals surface area contributed by atoms with Crippen LogP contribution < -0.4 is 5.73 Å². The maximum atomic E-state index is 5.81. The highest BCUT2D eigenvalue weighted by molar-refractivity contribution is 7.99. The van der Waals surface area contributed by atoms with Crippen LogP contribution in [0.2, 0.25) is 0 Å². The molecule has 0 fully saturated rings. The fraction of sp³-hybridized carbons (Fsp3) is 0.636. The van der Waals surface area contributed by atoms with E-state index in [0.29, 0.717) is 5.25 Å². The van der Waals surface area contributed by atoms with Gasteiger partial charge in [0.25, 0.3) is 0 Å². The van der Waals surface area contributed by atoms with E-state index in [9.17, 15) is 0 Å². The zero-order valence-corrected chi connectivity index (χ0v) is 10.9. The quantitative estimate of drug-likeness (QED) is 0.633. The second-order valence-electron chi connectivity index (χ2n) is 3.98. The summed E-state index contributed by atoms with van der Waals surface area (Å²) < 4.78 is 0. The van der Waals surface area contributed by atoms with E-state index in [2.05, 4.69) is 16.9 Å². The van der Waals surface area contributed by atoms with E-state index >= 15 is 0 Å². The van der Waals surface area contributed by atoms with Crippen molar-refractivity contribution in [2.45, 2.75) is 51.1 Å². The van der Waals surface area contributed by atoms with Crippen LogP contribution in [-0.4, -0.2) is 21.3 Å². The van der Waals surface area contributed by atoms with Gasteiger partial charge in [-0.25, -0.2) is 9.97 Å². The van der Waals surface area contributed by atoms with E-state index in [0.717, 1.165) is 16.5 Å². The van der Waals surface area contributed by atoms with Crippen LogP contribution in [0.25, 0.3) is 0 Å². The highest BCUT2D eigenvalue weighted by Gasteiger charge is 2.12. The monoisotopic (exact) mass is 225 g/mol. The third kappa shape index (κ3) is 3.18. The van der Waals surface area contributed by atoms with Crippen molar-refractivity contribution in [3.63, 3.8) is 0 Å². The maximum absolute atomic E-state index is 5.81. The summed E-state index contributed by atoms with van der Waals surface area (Å²) in [4.78, 5) is 8.90. The van der Waals surface area contributed by atoms with E-state index < -0.39 is 0 Å². The van der Waals surface area contributed by atoms with Crippen LogP contribution in [0.15, 0.2) is 5.16 Å². The Labute approximate surface area is 95.9 Å². The van der Waals surface area contributed by atoms with Crippen molar-refractivity contribution >= 4 is 11.8 Å². The van der Waals surface area contributed by atoms with E-state index in [1.165, 1.54) is 5.56 Å². The van der Waals surface area contributed by atoms with Gasteiger partial charge in [0.05, 0.1) is 0 Å². The molecule has 0 radical (unpaired) electrons. The van der Waals surface area contributed by atoms with Crippen molar-refractivity contribution < 1.29 is 0 Å². The molecular formula is C11H19N3S. The molecular weight excluding hydrogens is 206 g/mol. The van der Waals surface area contributed by atoms with Crippen LogP contribution in [0.5, 0.6) is 0 Å². The first-order valence-electron chi connectivity index (χ1n) is 5.16. The normalized spacial score (nSPS) is 15.1. The van der Waals surface area contributed by atoms with Crippen LogP contribution in [0.4, 0.5) is 0 Å². The minimum absolute atomic E-state index is 0.153. The van der Waals surface area contributed by atoms with E-state index in [-0.39, 0.29) is 6.04 Å². The number of aromatic nitrogens is 2. The van der Waals surface area contributed by atoms with E-state index in [4.69, 9.17) is 5.73 Å².